The van der Waals surface area contributed by atoms with E-state index in [1.807, 2.05) is 18.2 Å². The molecule has 0 saturated heterocycles. The molecule has 0 aromatic heterocycles. The third-order valence-corrected chi connectivity index (χ3v) is 3.95. The maximum atomic E-state index is 11.6. The van der Waals surface area contributed by atoms with Gasteiger partial charge in [-0.2, -0.15) is 0 Å². The number of hydrogen-bond donors (Lipinski definition) is 2. The Morgan fingerprint density at radius 2 is 2.00 bits per heavy atom. The summed E-state index contributed by atoms with van der Waals surface area (Å²) in [5.41, 5.74) is 11.0. The summed E-state index contributed by atoms with van der Waals surface area (Å²) < 4.78 is 5.60. The molecule has 1 aliphatic carbocycles. The van der Waals surface area contributed by atoms with Crippen LogP contribution in [0.15, 0.2) is 30.3 Å². The standard InChI is InChI=1S/C15H22N2O2/c16-14(18)15(17,13-7-2-1-3-8-13)11-19-10-9-12-5-4-6-12/h1-3,7-8,12H,4-6,9-11,17H2,(H2,16,18). The molecule has 104 valence electrons. The third-order valence-electron chi connectivity index (χ3n) is 3.95. The van der Waals surface area contributed by atoms with Crippen LogP contribution in [-0.4, -0.2) is 19.1 Å². The van der Waals surface area contributed by atoms with E-state index in [9.17, 15) is 4.79 Å². The second kappa shape index (κ2) is 6.17. The SMILES string of the molecule is NC(=O)C(N)(COCCC1CCC1)c1ccccc1. The van der Waals surface area contributed by atoms with Gasteiger partial charge in [0, 0.05) is 6.61 Å². The van der Waals surface area contributed by atoms with Gasteiger partial charge in [-0.3, -0.25) is 4.79 Å². The van der Waals surface area contributed by atoms with E-state index in [1.54, 1.807) is 12.1 Å². The highest BCUT2D eigenvalue weighted by atomic mass is 16.5. The second-order valence-corrected chi connectivity index (χ2v) is 5.34. The monoisotopic (exact) mass is 262 g/mol. The zero-order chi connectivity index (χ0) is 13.7. The summed E-state index contributed by atoms with van der Waals surface area (Å²) in [5.74, 6) is 0.236. The van der Waals surface area contributed by atoms with E-state index in [1.165, 1.54) is 19.3 Å². The molecule has 4 nitrogen and oxygen atoms in total. The summed E-state index contributed by atoms with van der Waals surface area (Å²) in [7, 11) is 0. The van der Waals surface area contributed by atoms with Gasteiger partial charge in [0.15, 0.2) is 0 Å². The maximum Gasteiger partial charge on any atom is 0.244 e. The molecule has 1 aromatic carbocycles. The van der Waals surface area contributed by atoms with E-state index in [2.05, 4.69) is 0 Å². The van der Waals surface area contributed by atoms with Crippen molar-refractivity contribution in [2.45, 2.75) is 31.2 Å². The summed E-state index contributed by atoms with van der Waals surface area (Å²) in [6, 6.07) is 9.17. The Balaban J connectivity index is 1.89. The van der Waals surface area contributed by atoms with Crippen molar-refractivity contribution in [1.29, 1.82) is 0 Å². The predicted octanol–water partition coefficient (Wildman–Crippen LogP) is 1.53. The molecule has 1 amide bonds. The molecule has 1 atom stereocenters. The fraction of sp³-hybridized carbons (Fsp3) is 0.533. The molecule has 2 rings (SSSR count). The van der Waals surface area contributed by atoms with Crippen molar-refractivity contribution in [3.8, 4) is 0 Å². The van der Waals surface area contributed by atoms with Gasteiger partial charge in [-0.05, 0) is 17.9 Å². The van der Waals surface area contributed by atoms with Crippen LogP contribution in [0.1, 0.15) is 31.2 Å². The van der Waals surface area contributed by atoms with Crippen molar-refractivity contribution in [3.63, 3.8) is 0 Å². The minimum Gasteiger partial charge on any atom is -0.379 e. The average molecular weight is 262 g/mol. The molecule has 4 N–H and O–H groups in total. The fourth-order valence-corrected chi connectivity index (χ4v) is 2.30. The van der Waals surface area contributed by atoms with Crippen molar-refractivity contribution >= 4 is 5.91 Å². The van der Waals surface area contributed by atoms with Crippen LogP contribution in [0.2, 0.25) is 0 Å². The first-order valence-electron chi connectivity index (χ1n) is 6.85. The van der Waals surface area contributed by atoms with Gasteiger partial charge in [0.2, 0.25) is 5.91 Å². The van der Waals surface area contributed by atoms with Gasteiger partial charge in [0.1, 0.15) is 5.54 Å². The van der Waals surface area contributed by atoms with Crippen LogP contribution in [-0.2, 0) is 15.1 Å². The first-order chi connectivity index (χ1) is 9.13. The van der Waals surface area contributed by atoms with Crippen LogP contribution in [0, 0.1) is 5.92 Å². The Morgan fingerprint density at radius 3 is 2.53 bits per heavy atom. The lowest BCUT2D eigenvalue weighted by molar-refractivity contribution is -0.126. The highest BCUT2D eigenvalue weighted by molar-refractivity contribution is 5.86. The van der Waals surface area contributed by atoms with Crippen LogP contribution >= 0.6 is 0 Å². The highest BCUT2D eigenvalue weighted by Crippen LogP contribution is 2.29. The minimum absolute atomic E-state index is 0.138. The van der Waals surface area contributed by atoms with Crippen LogP contribution in [0.4, 0.5) is 0 Å². The number of ether oxygens (including phenoxy) is 1. The molecule has 0 aliphatic heterocycles. The van der Waals surface area contributed by atoms with Crippen molar-refractivity contribution in [2.75, 3.05) is 13.2 Å². The molecule has 19 heavy (non-hydrogen) atoms. The van der Waals surface area contributed by atoms with Crippen molar-refractivity contribution in [2.24, 2.45) is 17.4 Å². The van der Waals surface area contributed by atoms with Crippen molar-refractivity contribution in [1.82, 2.24) is 0 Å². The Labute approximate surface area is 114 Å². The fourth-order valence-electron chi connectivity index (χ4n) is 2.30. The third kappa shape index (κ3) is 3.33. The Hall–Kier alpha value is -1.39. The molecule has 1 aliphatic rings. The van der Waals surface area contributed by atoms with Gasteiger partial charge in [-0.25, -0.2) is 0 Å². The smallest absolute Gasteiger partial charge is 0.244 e. The molecule has 0 bridgehead atoms. The lowest BCUT2D eigenvalue weighted by Crippen LogP contribution is -2.52. The number of benzene rings is 1. The van der Waals surface area contributed by atoms with E-state index in [0.29, 0.717) is 12.2 Å². The Kier molecular flexibility index (Phi) is 4.56. The molecule has 4 heteroatoms. The van der Waals surface area contributed by atoms with Gasteiger partial charge in [0.05, 0.1) is 6.61 Å². The zero-order valence-corrected chi connectivity index (χ0v) is 11.2. The van der Waals surface area contributed by atoms with Crippen LogP contribution in [0.5, 0.6) is 0 Å². The van der Waals surface area contributed by atoms with Gasteiger partial charge in [0.25, 0.3) is 0 Å². The zero-order valence-electron chi connectivity index (χ0n) is 11.2. The van der Waals surface area contributed by atoms with E-state index in [4.69, 9.17) is 16.2 Å². The number of hydrogen-bond acceptors (Lipinski definition) is 3. The highest BCUT2D eigenvalue weighted by Gasteiger charge is 2.34. The number of rotatable bonds is 7. The van der Waals surface area contributed by atoms with Gasteiger partial charge in [-0.15, -0.1) is 0 Å². The van der Waals surface area contributed by atoms with E-state index < -0.39 is 11.4 Å². The topological polar surface area (TPSA) is 78.3 Å². The van der Waals surface area contributed by atoms with E-state index in [-0.39, 0.29) is 6.61 Å². The Morgan fingerprint density at radius 1 is 1.32 bits per heavy atom. The summed E-state index contributed by atoms with van der Waals surface area (Å²) in [4.78, 5) is 11.6. The first-order valence-corrected chi connectivity index (χ1v) is 6.85. The summed E-state index contributed by atoms with van der Waals surface area (Å²) >= 11 is 0. The Bertz CT molecular complexity index is 417. The number of amides is 1. The molecule has 0 radical (unpaired) electrons. The van der Waals surface area contributed by atoms with Gasteiger partial charge in [-0.1, -0.05) is 49.6 Å². The van der Waals surface area contributed by atoms with Crippen LogP contribution in [0.3, 0.4) is 0 Å². The molecular formula is C15H22N2O2. The molecule has 1 aromatic rings. The van der Waals surface area contributed by atoms with Crippen LogP contribution < -0.4 is 11.5 Å². The van der Waals surface area contributed by atoms with Crippen molar-refractivity contribution < 1.29 is 9.53 Å². The van der Waals surface area contributed by atoms with Gasteiger partial charge >= 0.3 is 0 Å². The molecule has 1 unspecified atom stereocenters. The van der Waals surface area contributed by atoms with Crippen molar-refractivity contribution in [3.05, 3.63) is 35.9 Å². The lowest BCUT2D eigenvalue weighted by Gasteiger charge is -2.28. The lowest BCUT2D eigenvalue weighted by atomic mass is 9.83. The molecule has 0 spiro atoms. The summed E-state index contributed by atoms with van der Waals surface area (Å²) in [6.45, 7) is 0.781. The van der Waals surface area contributed by atoms with Gasteiger partial charge < -0.3 is 16.2 Å². The number of nitrogens with two attached hydrogens (primary N) is 2. The second-order valence-electron chi connectivity index (χ2n) is 5.34. The predicted molar refractivity (Wildman–Crippen MR) is 74.3 cm³/mol. The molecule has 1 fully saturated rings. The van der Waals surface area contributed by atoms with Crippen LogP contribution in [0.25, 0.3) is 0 Å². The molecule has 0 heterocycles. The quantitative estimate of drug-likeness (QED) is 0.731. The van der Waals surface area contributed by atoms with E-state index in [0.717, 1.165) is 12.3 Å². The first kappa shape index (κ1) is 14.0. The number of primary amides is 1. The number of carbonyl (C=O) groups excluding carboxylic acids is 1. The normalized spacial score (nSPS) is 18.6. The summed E-state index contributed by atoms with van der Waals surface area (Å²) in [6.07, 6.45) is 4.97. The maximum absolute atomic E-state index is 11.6. The molecule has 1 saturated carbocycles. The minimum atomic E-state index is -1.24. The largest absolute Gasteiger partial charge is 0.379 e. The summed E-state index contributed by atoms with van der Waals surface area (Å²) in [5, 5.41) is 0. The average Bonchev–Trinajstić information content (AvgIpc) is 2.37. The van der Waals surface area contributed by atoms with E-state index >= 15 is 0 Å². The molecular weight excluding hydrogens is 240 g/mol. The number of carbonyl (C=O) groups is 1.